The molecule has 1 N–H and O–H groups in total. The van der Waals surface area contributed by atoms with Gasteiger partial charge >= 0.3 is 0 Å². The van der Waals surface area contributed by atoms with Crippen molar-refractivity contribution in [2.24, 2.45) is 0 Å². The summed E-state index contributed by atoms with van der Waals surface area (Å²) in [5.41, 5.74) is 1.37. The number of carbonyl (C=O) groups excluding carboxylic acids is 1. The monoisotopic (exact) mass is 307 g/mol. The lowest BCUT2D eigenvalue weighted by Crippen LogP contribution is -2.24. The number of rotatable bonds is 6. The molecule has 114 valence electrons. The Hall–Kier alpha value is -1.69. The van der Waals surface area contributed by atoms with Gasteiger partial charge in [0.15, 0.2) is 12.1 Å². The third-order valence-electron chi connectivity index (χ3n) is 3.14. The number of nitrogens with zero attached hydrogens (tertiary/aromatic N) is 2. The smallest absolute Gasteiger partial charge is 0.273 e. The molecule has 2 heterocycles. The van der Waals surface area contributed by atoms with Crippen LogP contribution in [0.1, 0.15) is 64.9 Å². The third-order valence-corrected chi connectivity index (χ3v) is 4.36. The predicted octanol–water partition coefficient (Wildman–Crippen LogP) is 3.45. The zero-order valence-corrected chi connectivity index (χ0v) is 13.7. The van der Waals surface area contributed by atoms with E-state index in [1.54, 1.807) is 11.3 Å². The summed E-state index contributed by atoms with van der Waals surface area (Å²) in [7, 11) is 0. The first-order valence-corrected chi connectivity index (χ1v) is 8.01. The van der Waals surface area contributed by atoms with E-state index in [2.05, 4.69) is 22.2 Å². The van der Waals surface area contributed by atoms with E-state index in [0.29, 0.717) is 18.0 Å². The zero-order valence-electron chi connectivity index (χ0n) is 12.9. The van der Waals surface area contributed by atoms with Gasteiger partial charge in [0, 0.05) is 10.8 Å². The van der Waals surface area contributed by atoms with E-state index in [4.69, 9.17) is 4.42 Å². The standard InChI is InChI=1S/C15H21N3O2S/c1-5-6-12-18-10(4)11(21-12)7-16-15(19)13-14(9(2)3)20-8-17-13/h8-9H,5-7H2,1-4H3,(H,16,19). The van der Waals surface area contributed by atoms with Crippen molar-refractivity contribution in [3.8, 4) is 0 Å². The van der Waals surface area contributed by atoms with Crippen molar-refractivity contribution in [3.05, 3.63) is 33.4 Å². The molecule has 2 aromatic heterocycles. The molecule has 0 atom stereocenters. The van der Waals surface area contributed by atoms with Crippen LogP contribution in [-0.4, -0.2) is 15.9 Å². The van der Waals surface area contributed by atoms with E-state index in [1.807, 2.05) is 20.8 Å². The molecule has 0 aliphatic rings. The summed E-state index contributed by atoms with van der Waals surface area (Å²) < 4.78 is 5.28. The molecule has 0 radical (unpaired) electrons. The van der Waals surface area contributed by atoms with Crippen LogP contribution in [0.4, 0.5) is 0 Å². The van der Waals surface area contributed by atoms with Crippen molar-refractivity contribution in [1.29, 1.82) is 0 Å². The lowest BCUT2D eigenvalue weighted by Gasteiger charge is -2.05. The molecule has 0 aliphatic carbocycles. The summed E-state index contributed by atoms with van der Waals surface area (Å²) >= 11 is 1.66. The molecule has 0 bridgehead atoms. The molecule has 0 saturated carbocycles. The second kappa shape index (κ2) is 6.85. The van der Waals surface area contributed by atoms with Gasteiger partial charge in [0.05, 0.1) is 17.2 Å². The number of thiazole rings is 1. The normalized spacial score (nSPS) is 11.1. The van der Waals surface area contributed by atoms with E-state index in [0.717, 1.165) is 28.4 Å². The molecule has 5 nitrogen and oxygen atoms in total. The van der Waals surface area contributed by atoms with Crippen molar-refractivity contribution in [1.82, 2.24) is 15.3 Å². The molecule has 2 aromatic rings. The average Bonchev–Trinajstić information content (AvgIpc) is 3.03. The average molecular weight is 307 g/mol. The highest BCUT2D eigenvalue weighted by Crippen LogP contribution is 2.20. The molecule has 0 unspecified atom stereocenters. The van der Waals surface area contributed by atoms with Gasteiger partial charge < -0.3 is 9.73 Å². The number of aryl methyl sites for hydroxylation is 2. The number of hydrogen-bond donors (Lipinski definition) is 1. The second-order valence-corrected chi connectivity index (χ2v) is 6.44. The maximum Gasteiger partial charge on any atom is 0.273 e. The Kier molecular flexibility index (Phi) is 5.12. The SMILES string of the molecule is CCCc1nc(C)c(CNC(=O)c2ncoc2C(C)C)s1. The Bertz CT molecular complexity index is 616. The van der Waals surface area contributed by atoms with Crippen molar-refractivity contribution in [3.63, 3.8) is 0 Å². The van der Waals surface area contributed by atoms with Gasteiger partial charge in [-0.05, 0) is 19.8 Å². The van der Waals surface area contributed by atoms with Gasteiger partial charge in [0.25, 0.3) is 5.91 Å². The first kappa shape index (κ1) is 15.7. The Labute approximate surface area is 128 Å². The van der Waals surface area contributed by atoms with Crippen LogP contribution < -0.4 is 5.32 Å². The van der Waals surface area contributed by atoms with Crippen molar-refractivity contribution < 1.29 is 9.21 Å². The molecule has 0 aromatic carbocycles. The fourth-order valence-corrected chi connectivity index (χ4v) is 3.16. The lowest BCUT2D eigenvalue weighted by atomic mass is 10.1. The maximum atomic E-state index is 12.2. The molecule has 0 fully saturated rings. The van der Waals surface area contributed by atoms with Gasteiger partial charge in [-0.15, -0.1) is 11.3 Å². The second-order valence-electron chi connectivity index (χ2n) is 5.27. The Morgan fingerprint density at radius 1 is 1.48 bits per heavy atom. The molecule has 0 saturated heterocycles. The highest BCUT2D eigenvalue weighted by molar-refractivity contribution is 7.11. The van der Waals surface area contributed by atoms with Gasteiger partial charge in [-0.3, -0.25) is 4.79 Å². The molecular weight excluding hydrogens is 286 g/mol. The number of nitrogens with one attached hydrogen (secondary N) is 1. The minimum absolute atomic E-state index is 0.134. The van der Waals surface area contributed by atoms with Crippen LogP contribution in [0.15, 0.2) is 10.8 Å². The van der Waals surface area contributed by atoms with Crippen LogP contribution >= 0.6 is 11.3 Å². The van der Waals surface area contributed by atoms with Gasteiger partial charge in [-0.25, -0.2) is 9.97 Å². The molecule has 1 amide bonds. The summed E-state index contributed by atoms with van der Waals surface area (Å²) in [4.78, 5) is 21.8. The lowest BCUT2D eigenvalue weighted by molar-refractivity contribution is 0.0944. The molecular formula is C15H21N3O2S. The minimum atomic E-state index is -0.197. The summed E-state index contributed by atoms with van der Waals surface area (Å²) in [6, 6.07) is 0. The molecule has 2 rings (SSSR count). The first-order chi connectivity index (χ1) is 10.0. The van der Waals surface area contributed by atoms with Gasteiger partial charge in [0.1, 0.15) is 5.76 Å². The highest BCUT2D eigenvalue weighted by atomic mass is 32.1. The fourth-order valence-electron chi connectivity index (χ4n) is 2.05. The van der Waals surface area contributed by atoms with E-state index in [-0.39, 0.29) is 11.8 Å². The van der Waals surface area contributed by atoms with Gasteiger partial charge in [-0.1, -0.05) is 20.8 Å². The van der Waals surface area contributed by atoms with E-state index in [1.165, 1.54) is 6.39 Å². The van der Waals surface area contributed by atoms with Gasteiger partial charge in [0.2, 0.25) is 0 Å². The minimum Gasteiger partial charge on any atom is -0.447 e. The van der Waals surface area contributed by atoms with E-state index >= 15 is 0 Å². The zero-order chi connectivity index (χ0) is 15.4. The van der Waals surface area contributed by atoms with E-state index in [9.17, 15) is 4.79 Å². The molecule has 0 spiro atoms. The summed E-state index contributed by atoms with van der Waals surface area (Å²) in [5.74, 6) is 0.562. The van der Waals surface area contributed by atoms with Crippen LogP contribution in [0.2, 0.25) is 0 Å². The Morgan fingerprint density at radius 3 is 2.90 bits per heavy atom. The highest BCUT2D eigenvalue weighted by Gasteiger charge is 2.19. The number of carbonyl (C=O) groups is 1. The molecule has 6 heteroatoms. The maximum absolute atomic E-state index is 12.2. The molecule has 0 aliphatic heterocycles. The van der Waals surface area contributed by atoms with Crippen LogP contribution in [0.25, 0.3) is 0 Å². The molecule has 21 heavy (non-hydrogen) atoms. The van der Waals surface area contributed by atoms with Gasteiger partial charge in [-0.2, -0.15) is 0 Å². The van der Waals surface area contributed by atoms with Crippen LogP contribution in [0, 0.1) is 6.92 Å². The van der Waals surface area contributed by atoms with Crippen LogP contribution in [0.3, 0.4) is 0 Å². The van der Waals surface area contributed by atoms with Crippen molar-refractivity contribution in [2.75, 3.05) is 0 Å². The van der Waals surface area contributed by atoms with Crippen LogP contribution in [-0.2, 0) is 13.0 Å². The Morgan fingerprint density at radius 2 is 2.24 bits per heavy atom. The summed E-state index contributed by atoms with van der Waals surface area (Å²) in [5, 5.41) is 4.03. The topological polar surface area (TPSA) is 68.0 Å². The fraction of sp³-hybridized carbons (Fsp3) is 0.533. The van der Waals surface area contributed by atoms with Crippen molar-refractivity contribution >= 4 is 17.2 Å². The summed E-state index contributed by atoms with van der Waals surface area (Å²) in [6.07, 6.45) is 3.39. The van der Waals surface area contributed by atoms with Crippen molar-refractivity contribution in [2.45, 2.75) is 53.0 Å². The van der Waals surface area contributed by atoms with E-state index < -0.39 is 0 Å². The first-order valence-electron chi connectivity index (χ1n) is 7.19. The summed E-state index contributed by atoms with van der Waals surface area (Å²) in [6.45, 7) is 8.54. The number of hydrogen-bond acceptors (Lipinski definition) is 5. The Balaban J connectivity index is 2.02. The quantitative estimate of drug-likeness (QED) is 0.887. The third kappa shape index (κ3) is 3.69. The number of amides is 1. The van der Waals surface area contributed by atoms with Crippen LogP contribution in [0.5, 0.6) is 0 Å². The predicted molar refractivity (Wildman–Crippen MR) is 82.6 cm³/mol. The largest absolute Gasteiger partial charge is 0.447 e. The number of oxazole rings is 1. The number of aromatic nitrogens is 2.